The van der Waals surface area contributed by atoms with Gasteiger partial charge >= 0.3 is 0 Å². The summed E-state index contributed by atoms with van der Waals surface area (Å²) in [4.78, 5) is 14.6. The highest BCUT2D eigenvalue weighted by Gasteiger charge is 2.15. The fraction of sp³-hybridized carbons (Fsp3) is 0.0800. The third-order valence-electron chi connectivity index (χ3n) is 5.73. The fourth-order valence-electron chi connectivity index (χ4n) is 4.04. The highest BCUT2D eigenvalue weighted by atomic mass is 32.1. The molecule has 0 saturated heterocycles. The van der Waals surface area contributed by atoms with Gasteiger partial charge in [0.15, 0.2) is 0 Å². The molecule has 2 N–H and O–H groups in total. The molecule has 0 radical (unpaired) electrons. The van der Waals surface area contributed by atoms with Crippen LogP contribution < -0.4 is 4.90 Å². The minimum Gasteiger partial charge on any atom is -0.376 e. The number of H-pyrrole nitrogens is 2. The lowest BCUT2D eigenvalue weighted by Crippen LogP contribution is -2.08. The van der Waals surface area contributed by atoms with Crippen molar-refractivity contribution in [1.29, 1.82) is 0 Å². The van der Waals surface area contributed by atoms with Gasteiger partial charge in [0.05, 0.1) is 28.8 Å². The predicted octanol–water partition coefficient (Wildman–Crippen LogP) is 5.96. The number of benzene rings is 1. The molecule has 1 aromatic carbocycles. The summed E-state index contributed by atoms with van der Waals surface area (Å²) < 4.78 is 0. The van der Waals surface area contributed by atoms with Crippen LogP contribution in [0.5, 0.6) is 0 Å². The van der Waals surface area contributed by atoms with Crippen molar-refractivity contribution in [1.82, 2.24) is 25.1 Å². The second-order valence-corrected chi connectivity index (χ2v) is 8.75. The van der Waals surface area contributed by atoms with Crippen LogP contribution in [0.3, 0.4) is 0 Å². The van der Waals surface area contributed by atoms with Crippen LogP contribution in [-0.2, 0) is 0 Å². The number of hydrogen-bond donors (Lipinski definition) is 2. The number of anilines is 1. The van der Waals surface area contributed by atoms with E-state index in [1.54, 1.807) is 11.3 Å². The lowest BCUT2D eigenvalue weighted by atomic mass is 10.0. The Labute approximate surface area is 188 Å². The molecular formula is C25H20N6S. The molecule has 5 aromatic heterocycles. The first-order chi connectivity index (χ1) is 15.7. The maximum absolute atomic E-state index is 4.64. The fourth-order valence-corrected chi connectivity index (χ4v) is 4.68. The van der Waals surface area contributed by atoms with Crippen molar-refractivity contribution in [3.05, 3.63) is 71.8 Å². The molecular weight excluding hydrogens is 416 g/mol. The quantitative estimate of drug-likeness (QED) is 0.357. The van der Waals surface area contributed by atoms with Crippen LogP contribution in [0, 0.1) is 0 Å². The molecule has 0 saturated carbocycles. The molecule has 6 aromatic rings. The zero-order valence-electron chi connectivity index (χ0n) is 17.6. The summed E-state index contributed by atoms with van der Waals surface area (Å²) in [6.45, 7) is 0. The average molecular weight is 437 g/mol. The Balaban J connectivity index is 1.49. The number of pyridine rings is 2. The Kier molecular flexibility index (Phi) is 4.29. The van der Waals surface area contributed by atoms with Gasteiger partial charge in [-0.3, -0.25) is 15.1 Å². The summed E-state index contributed by atoms with van der Waals surface area (Å²) in [5, 5.41) is 14.2. The van der Waals surface area contributed by atoms with E-state index in [1.807, 2.05) is 38.8 Å². The topological polar surface area (TPSA) is 73.5 Å². The van der Waals surface area contributed by atoms with Crippen molar-refractivity contribution < 1.29 is 0 Å². The van der Waals surface area contributed by atoms with Gasteiger partial charge in [0.2, 0.25) is 0 Å². The van der Waals surface area contributed by atoms with Crippen molar-refractivity contribution in [2.75, 3.05) is 19.0 Å². The highest BCUT2D eigenvalue weighted by Crippen LogP contribution is 2.35. The van der Waals surface area contributed by atoms with E-state index in [9.17, 15) is 0 Å². The van der Waals surface area contributed by atoms with Gasteiger partial charge in [-0.05, 0) is 47.3 Å². The van der Waals surface area contributed by atoms with E-state index in [2.05, 4.69) is 77.2 Å². The van der Waals surface area contributed by atoms with Crippen molar-refractivity contribution >= 4 is 38.8 Å². The number of fused-ring (bicyclic) bond motifs is 2. The van der Waals surface area contributed by atoms with Gasteiger partial charge < -0.3 is 9.88 Å². The van der Waals surface area contributed by atoms with Crippen LogP contribution >= 0.6 is 11.3 Å². The van der Waals surface area contributed by atoms with Gasteiger partial charge in [-0.15, -0.1) is 0 Å². The number of aromatic amines is 2. The number of hydrogen-bond acceptors (Lipinski definition) is 5. The second-order valence-electron chi connectivity index (χ2n) is 7.97. The maximum Gasteiger partial charge on any atom is 0.116 e. The van der Waals surface area contributed by atoms with E-state index >= 15 is 0 Å². The molecule has 0 aliphatic carbocycles. The molecule has 6 rings (SSSR count). The van der Waals surface area contributed by atoms with E-state index in [0.717, 1.165) is 61.3 Å². The number of nitrogens with zero attached hydrogens (tertiary/aromatic N) is 4. The molecule has 0 bridgehead atoms. The molecule has 32 heavy (non-hydrogen) atoms. The normalized spacial score (nSPS) is 11.4. The van der Waals surface area contributed by atoms with Crippen LogP contribution in [-0.4, -0.2) is 39.2 Å². The number of thiophene rings is 1. The summed E-state index contributed by atoms with van der Waals surface area (Å²) >= 11 is 1.68. The largest absolute Gasteiger partial charge is 0.376 e. The molecule has 0 fully saturated rings. The smallest absolute Gasteiger partial charge is 0.116 e. The summed E-state index contributed by atoms with van der Waals surface area (Å²) in [6, 6.07) is 14.8. The molecule has 156 valence electrons. The number of rotatable bonds is 4. The third kappa shape index (κ3) is 3.06. The zero-order chi connectivity index (χ0) is 21.7. The Bertz CT molecular complexity index is 1560. The lowest BCUT2D eigenvalue weighted by molar-refractivity contribution is 1.11. The van der Waals surface area contributed by atoms with Crippen LogP contribution in [0.4, 0.5) is 5.69 Å². The van der Waals surface area contributed by atoms with Gasteiger partial charge in [0.1, 0.15) is 5.69 Å². The third-order valence-corrected chi connectivity index (χ3v) is 6.42. The van der Waals surface area contributed by atoms with Crippen molar-refractivity contribution in [2.24, 2.45) is 0 Å². The first-order valence-corrected chi connectivity index (χ1v) is 11.2. The minimum absolute atomic E-state index is 0.894. The van der Waals surface area contributed by atoms with Gasteiger partial charge in [0.25, 0.3) is 0 Å². The Morgan fingerprint density at radius 3 is 2.59 bits per heavy atom. The summed E-state index contributed by atoms with van der Waals surface area (Å²) in [5.74, 6) is 0. The van der Waals surface area contributed by atoms with E-state index in [0.29, 0.717) is 0 Å². The Morgan fingerprint density at radius 1 is 0.844 bits per heavy atom. The first-order valence-electron chi connectivity index (χ1n) is 10.3. The van der Waals surface area contributed by atoms with Gasteiger partial charge in [-0.25, -0.2) is 0 Å². The molecule has 0 spiro atoms. The highest BCUT2D eigenvalue weighted by molar-refractivity contribution is 7.08. The summed E-state index contributed by atoms with van der Waals surface area (Å²) in [5.41, 5.74) is 9.27. The lowest BCUT2D eigenvalue weighted by Gasteiger charge is -2.13. The van der Waals surface area contributed by atoms with Crippen LogP contribution in [0.25, 0.3) is 55.6 Å². The van der Waals surface area contributed by atoms with E-state index in [4.69, 9.17) is 0 Å². The Morgan fingerprint density at radius 2 is 1.75 bits per heavy atom. The van der Waals surface area contributed by atoms with E-state index in [1.165, 1.54) is 0 Å². The minimum atomic E-state index is 0.894. The van der Waals surface area contributed by atoms with Crippen LogP contribution in [0.1, 0.15) is 0 Å². The zero-order valence-corrected chi connectivity index (χ0v) is 18.4. The molecule has 0 unspecified atom stereocenters. The first kappa shape index (κ1) is 18.8. The molecule has 5 heterocycles. The van der Waals surface area contributed by atoms with Crippen molar-refractivity contribution in [3.8, 4) is 33.8 Å². The van der Waals surface area contributed by atoms with Crippen molar-refractivity contribution in [2.45, 2.75) is 0 Å². The van der Waals surface area contributed by atoms with Gasteiger partial charge in [-0.2, -0.15) is 16.4 Å². The predicted molar refractivity (Wildman–Crippen MR) is 132 cm³/mol. The van der Waals surface area contributed by atoms with Crippen LogP contribution in [0.15, 0.2) is 71.8 Å². The monoisotopic (exact) mass is 436 g/mol. The van der Waals surface area contributed by atoms with E-state index < -0.39 is 0 Å². The van der Waals surface area contributed by atoms with E-state index in [-0.39, 0.29) is 0 Å². The average Bonchev–Trinajstić information content (AvgIpc) is 3.57. The SMILES string of the molecule is CN(C)c1cncc(-c2ccc3[nH]nc(-c4cc5c(-c6ccsc6)nccc5[nH]4)c3c2)c1. The van der Waals surface area contributed by atoms with Gasteiger partial charge in [-0.1, -0.05) is 6.07 Å². The molecule has 0 aliphatic heterocycles. The van der Waals surface area contributed by atoms with Gasteiger partial charge in [0, 0.05) is 59.3 Å². The number of nitrogens with one attached hydrogen (secondary N) is 2. The molecule has 6 nitrogen and oxygen atoms in total. The Hall–Kier alpha value is -3.97. The van der Waals surface area contributed by atoms with Crippen molar-refractivity contribution in [3.63, 3.8) is 0 Å². The molecule has 0 aliphatic rings. The maximum atomic E-state index is 4.64. The summed E-state index contributed by atoms with van der Waals surface area (Å²) in [7, 11) is 4.04. The molecule has 7 heteroatoms. The number of aromatic nitrogens is 5. The standard InChI is InChI=1S/C25H20N6S/c1-31(2)18-9-17(12-26-13-18)15-3-4-22-19(10-15)25(30-29-22)23-11-20-21(28-23)5-7-27-24(20)16-6-8-32-14-16/h3-14,28H,1-2H3,(H,29,30). The summed E-state index contributed by atoms with van der Waals surface area (Å²) in [6.07, 6.45) is 5.62. The molecule has 0 amide bonds. The second kappa shape index (κ2) is 7.32. The van der Waals surface area contributed by atoms with Crippen LogP contribution in [0.2, 0.25) is 0 Å². The molecule has 0 atom stereocenters.